The minimum absolute atomic E-state index is 0.0428. The lowest BCUT2D eigenvalue weighted by molar-refractivity contribution is 0.257. The summed E-state index contributed by atoms with van der Waals surface area (Å²) in [5, 5.41) is 11.7. The van der Waals surface area contributed by atoms with E-state index in [1.807, 2.05) is 20.8 Å². The summed E-state index contributed by atoms with van der Waals surface area (Å²) in [4.78, 5) is 2.14. The standard InChI is InChI=1S/C14H22FN3O/c1-4-18(8-11(3)14(16)17-19)9-12-7-13(15)6-5-10(12)2/h5-7,11,19H,4,8-9H2,1-3H3,(H2,16,17). The highest BCUT2D eigenvalue weighted by Gasteiger charge is 2.14. The number of benzene rings is 1. The van der Waals surface area contributed by atoms with Gasteiger partial charge in [0.1, 0.15) is 11.7 Å². The molecular weight excluding hydrogens is 245 g/mol. The number of rotatable bonds is 6. The highest BCUT2D eigenvalue weighted by Crippen LogP contribution is 2.14. The summed E-state index contributed by atoms with van der Waals surface area (Å²) in [6, 6.07) is 4.81. The van der Waals surface area contributed by atoms with E-state index in [0.717, 1.165) is 17.7 Å². The highest BCUT2D eigenvalue weighted by molar-refractivity contribution is 5.82. The molecule has 0 amide bonds. The zero-order valence-electron chi connectivity index (χ0n) is 11.7. The molecule has 4 nitrogen and oxygen atoms in total. The third kappa shape index (κ3) is 4.52. The van der Waals surface area contributed by atoms with Crippen molar-refractivity contribution in [2.75, 3.05) is 13.1 Å². The van der Waals surface area contributed by atoms with E-state index in [1.54, 1.807) is 12.1 Å². The van der Waals surface area contributed by atoms with Gasteiger partial charge in [-0.15, -0.1) is 0 Å². The molecule has 0 saturated carbocycles. The third-order valence-corrected chi connectivity index (χ3v) is 3.30. The lowest BCUT2D eigenvalue weighted by Gasteiger charge is -2.24. The molecule has 106 valence electrons. The van der Waals surface area contributed by atoms with Gasteiger partial charge in [0, 0.05) is 19.0 Å². The first-order chi connectivity index (χ1) is 8.97. The van der Waals surface area contributed by atoms with Gasteiger partial charge in [0.05, 0.1) is 0 Å². The van der Waals surface area contributed by atoms with Crippen molar-refractivity contribution in [2.45, 2.75) is 27.3 Å². The molecule has 0 saturated heterocycles. The Morgan fingerprint density at radius 1 is 1.53 bits per heavy atom. The Hall–Kier alpha value is -1.62. The van der Waals surface area contributed by atoms with Crippen LogP contribution in [-0.4, -0.2) is 29.0 Å². The van der Waals surface area contributed by atoms with Crippen LogP contribution in [0.4, 0.5) is 4.39 Å². The molecule has 0 aliphatic carbocycles. The van der Waals surface area contributed by atoms with E-state index in [-0.39, 0.29) is 17.6 Å². The van der Waals surface area contributed by atoms with E-state index in [2.05, 4.69) is 10.1 Å². The lowest BCUT2D eigenvalue weighted by Crippen LogP contribution is -2.34. The molecule has 1 rings (SSSR count). The molecule has 0 bridgehead atoms. The Kier molecular flexibility index (Phi) is 5.76. The average Bonchev–Trinajstić information content (AvgIpc) is 2.40. The van der Waals surface area contributed by atoms with Crippen molar-refractivity contribution in [1.29, 1.82) is 0 Å². The Labute approximate surface area is 113 Å². The van der Waals surface area contributed by atoms with Gasteiger partial charge in [0.2, 0.25) is 0 Å². The molecule has 1 unspecified atom stereocenters. The third-order valence-electron chi connectivity index (χ3n) is 3.30. The van der Waals surface area contributed by atoms with Crippen LogP contribution in [0.5, 0.6) is 0 Å². The van der Waals surface area contributed by atoms with E-state index in [4.69, 9.17) is 10.9 Å². The molecule has 0 radical (unpaired) electrons. The van der Waals surface area contributed by atoms with E-state index >= 15 is 0 Å². The second-order valence-electron chi connectivity index (χ2n) is 4.82. The Balaban J connectivity index is 2.74. The number of amidine groups is 1. The van der Waals surface area contributed by atoms with Crippen LogP contribution in [0.1, 0.15) is 25.0 Å². The molecule has 0 fully saturated rings. The minimum atomic E-state index is -0.221. The maximum Gasteiger partial charge on any atom is 0.143 e. The quantitative estimate of drug-likeness (QED) is 0.360. The molecule has 0 aliphatic heterocycles. The van der Waals surface area contributed by atoms with Gasteiger partial charge in [0.25, 0.3) is 0 Å². The minimum Gasteiger partial charge on any atom is -0.409 e. The molecule has 1 aromatic carbocycles. The van der Waals surface area contributed by atoms with Crippen LogP contribution in [0, 0.1) is 18.7 Å². The number of halogens is 1. The fourth-order valence-electron chi connectivity index (χ4n) is 1.94. The molecule has 0 aromatic heterocycles. The normalized spacial score (nSPS) is 13.8. The molecule has 5 heteroatoms. The van der Waals surface area contributed by atoms with Crippen LogP contribution in [0.15, 0.2) is 23.4 Å². The highest BCUT2D eigenvalue weighted by atomic mass is 19.1. The van der Waals surface area contributed by atoms with E-state index in [0.29, 0.717) is 13.1 Å². The fourth-order valence-corrected chi connectivity index (χ4v) is 1.94. The predicted molar refractivity (Wildman–Crippen MR) is 74.7 cm³/mol. The second-order valence-corrected chi connectivity index (χ2v) is 4.82. The molecule has 0 aliphatic rings. The van der Waals surface area contributed by atoms with Crippen LogP contribution in [0.2, 0.25) is 0 Å². The van der Waals surface area contributed by atoms with E-state index < -0.39 is 0 Å². The predicted octanol–water partition coefficient (Wildman–Crippen LogP) is 2.34. The smallest absolute Gasteiger partial charge is 0.143 e. The summed E-state index contributed by atoms with van der Waals surface area (Å²) in [6.07, 6.45) is 0. The van der Waals surface area contributed by atoms with Gasteiger partial charge in [-0.2, -0.15) is 0 Å². The summed E-state index contributed by atoms with van der Waals surface area (Å²) in [6.45, 7) is 8.05. The van der Waals surface area contributed by atoms with Crippen molar-refractivity contribution in [3.8, 4) is 0 Å². The largest absolute Gasteiger partial charge is 0.409 e. The molecule has 1 aromatic rings. The van der Waals surface area contributed by atoms with Gasteiger partial charge in [-0.25, -0.2) is 4.39 Å². The van der Waals surface area contributed by atoms with Gasteiger partial charge in [0.15, 0.2) is 0 Å². The van der Waals surface area contributed by atoms with Crippen LogP contribution in [0.3, 0.4) is 0 Å². The van der Waals surface area contributed by atoms with Gasteiger partial charge in [-0.1, -0.05) is 25.1 Å². The average molecular weight is 267 g/mol. The molecule has 0 heterocycles. The summed E-state index contributed by atoms with van der Waals surface area (Å²) >= 11 is 0. The van der Waals surface area contributed by atoms with Gasteiger partial charge >= 0.3 is 0 Å². The Morgan fingerprint density at radius 3 is 2.79 bits per heavy atom. The Morgan fingerprint density at radius 2 is 2.21 bits per heavy atom. The number of nitrogens with zero attached hydrogens (tertiary/aromatic N) is 2. The van der Waals surface area contributed by atoms with Gasteiger partial charge < -0.3 is 10.9 Å². The Bertz CT molecular complexity index is 448. The molecule has 0 spiro atoms. The fraction of sp³-hybridized carbons (Fsp3) is 0.500. The van der Waals surface area contributed by atoms with Crippen LogP contribution in [0.25, 0.3) is 0 Å². The molecular formula is C14H22FN3O. The van der Waals surface area contributed by atoms with E-state index in [9.17, 15) is 4.39 Å². The number of hydrogen-bond donors (Lipinski definition) is 2. The number of oxime groups is 1. The lowest BCUT2D eigenvalue weighted by atomic mass is 10.1. The van der Waals surface area contributed by atoms with Crippen molar-refractivity contribution in [3.63, 3.8) is 0 Å². The first-order valence-corrected chi connectivity index (χ1v) is 6.42. The van der Waals surface area contributed by atoms with Crippen molar-refractivity contribution in [3.05, 3.63) is 35.1 Å². The van der Waals surface area contributed by atoms with Crippen molar-refractivity contribution in [1.82, 2.24) is 4.90 Å². The van der Waals surface area contributed by atoms with Crippen molar-refractivity contribution >= 4 is 5.84 Å². The maximum atomic E-state index is 13.3. The zero-order chi connectivity index (χ0) is 14.4. The van der Waals surface area contributed by atoms with Crippen molar-refractivity contribution < 1.29 is 9.60 Å². The molecule has 19 heavy (non-hydrogen) atoms. The monoisotopic (exact) mass is 267 g/mol. The number of nitrogens with two attached hydrogens (primary N) is 1. The summed E-state index contributed by atoms with van der Waals surface area (Å²) in [5.41, 5.74) is 7.61. The summed E-state index contributed by atoms with van der Waals surface area (Å²) < 4.78 is 13.3. The molecule has 1 atom stereocenters. The first kappa shape index (κ1) is 15.4. The van der Waals surface area contributed by atoms with Crippen LogP contribution >= 0.6 is 0 Å². The summed E-state index contributed by atoms with van der Waals surface area (Å²) in [5.74, 6) is -0.0469. The molecule has 3 N–H and O–H groups in total. The van der Waals surface area contributed by atoms with Gasteiger partial charge in [-0.05, 0) is 36.7 Å². The maximum absolute atomic E-state index is 13.3. The second kappa shape index (κ2) is 7.09. The van der Waals surface area contributed by atoms with E-state index in [1.165, 1.54) is 6.07 Å². The SMILES string of the molecule is CCN(Cc1cc(F)ccc1C)CC(C)/C(N)=N/O. The van der Waals surface area contributed by atoms with Crippen LogP contribution < -0.4 is 5.73 Å². The number of hydrogen-bond acceptors (Lipinski definition) is 3. The number of aryl methyl sites for hydroxylation is 1. The van der Waals surface area contributed by atoms with Crippen molar-refractivity contribution in [2.24, 2.45) is 16.8 Å². The topological polar surface area (TPSA) is 61.8 Å². The summed E-state index contributed by atoms with van der Waals surface area (Å²) in [7, 11) is 0. The van der Waals surface area contributed by atoms with Gasteiger partial charge in [-0.3, -0.25) is 4.90 Å². The van der Waals surface area contributed by atoms with Crippen LogP contribution in [-0.2, 0) is 6.54 Å². The zero-order valence-corrected chi connectivity index (χ0v) is 11.7. The first-order valence-electron chi connectivity index (χ1n) is 6.42.